The fraction of sp³-hybridized carbons (Fsp3) is 0.176. The topological polar surface area (TPSA) is 97.1 Å². The Balaban J connectivity index is 1.87. The molecule has 7 nitrogen and oxygen atoms in total. The number of aromatic carboxylic acids is 1. The van der Waals surface area contributed by atoms with Gasteiger partial charge in [0.2, 0.25) is 5.95 Å². The van der Waals surface area contributed by atoms with Gasteiger partial charge in [-0.15, -0.1) is 0 Å². The molecule has 0 saturated heterocycles. The highest BCUT2D eigenvalue weighted by Crippen LogP contribution is 2.18. The average Bonchev–Trinajstić information content (AvgIpc) is 2.58. The van der Waals surface area contributed by atoms with Crippen molar-refractivity contribution >= 4 is 23.0 Å². The Bertz CT molecular complexity index is 964. The minimum atomic E-state index is -0.957. The summed E-state index contributed by atoms with van der Waals surface area (Å²) in [6.45, 7) is 1.92. The van der Waals surface area contributed by atoms with Gasteiger partial charge in [-0.25, -0.2) is 9.78 Å². The van der Waals surface area contributed by atoms with Crippen molar-refractivity contribution in [3.63, 3.8) is 0 Å². The third-order valence-corrected chi connectivity index (χ3v) is 3.85. The van der Waals surface area contributed by atoms with E-state index in [1.807, 2.05) is 6.92 Å². The summed E-state index contributed by atoms with van der Waals surface area (Å²) in [6.07, 6.45) is 1.66. The fourth-order valence-corrected chi connectivity index (χ4v) is 2.41. The second-order valence-corrected chi connectivity index (χ2v) is 5.50. The van der Waals surface area contributed by atoms with Crippen LogP contribution in [0.2, 0.25) is 0 Å². The molecular weight excluding hydrogens is 308 g/mol. The molecule has 3 aromatic rings. The van der Waals surface area contributed by atoms with Crippen LogP contribution in [0.3, 0.4) is 0 Å². The minimum absolute atomic E-state index is 0.119. The molecule has 0 amide bonds. The lowest BCUT2D eigenvalue weighted by atomic mass is 10.1. The van der Waals surface area contributed by atoms with E-state index in [-0.39, 0.29) is 17.2 Å². The highest BCUT2D eigenvalue weighted by Gasteiger charge is 2.10. The van der Waals surface area contributed by atoms with Crippen LogP contribution in [0.25, 0.3) is 11.0 Å². The first kappa shape index (κ1) is 15.7. The van der Waals surface area contributed by atoms with Crippen molar-refractivity contribution in [2.45, 2.75) is 13.0 Å². The molecule has 1 aromatic carbocycles. The number of nitrogens with one attached hydrogen (secondary N) is 1. The van der Waals surface area contributed by atoms with E-state index in [0.717, 1.165) is 10.9 Å². The van der Waals surface area contributed by atoms with Crippen LogP contribution in [0.1, 0.15) is 28.9 Å². The summed E-state index contributed by atoms with van der Waals surface area (Å²) >= 11 is 0. The van der Waals surface area contributed by atoms with Crippen LogP contribution in [-0.2, 0) is 7.05 Å². The maximum atomic E-state index is 11.7. The molecular formula is C17H16N4O3. The van der Waals surface area contributed by atoms with E-state index >= 15 is 0 Å². The minimum Gasteiger partial charge on any atom is -0.478 e. The van der Waals surface area contributed by atoms with Crippen molar-refractivity contribution in [3.8, 4) is 0 Å². The Morgan fingerprint density at radius 1 is 1.21 bits per heavy atom. The standard InChI is InChI=1S/C17H16N4O3/c1-10(11-3-5-12(6-4-11)16(23)24)19-17-18-9-13-7-8-14(22)21(2)15(13)20-17/h3-10H,1-2H3,(H,23,24)(H,18,19,20). The van der Waals surface area contributed by atoms with Gasteiger partial charge >= 0.3 is 5.97 Å². The van der Waals surface area contributed by atoms with E-state index in [1.165, 1.54) is 10.6 Å². The van der Waals surface area contributed by atoms with Crippen LogP contribution in [0.5, 0.6) is 0 Å². The first-order valence-corrected chi connectivity index (χ1v) is 7.38. The highest BCUT2D eigenvalue weighted by atomic mass is 16.4. The number of carboxylic acids is 1. The van der Waals surface area contributed by atoms with E-state index < -0.39 is 5.97 Å². The summed E-state index contributed by atoms with van der Waals surface area (Å²) in [6, 6.07) is 9.66. The van der Waals surface area contributed by atoms with Gasteiger partial charge < -0.3 is 10.4 Å². The van der Waals surface area contributed by atoms with E-state index in [2.05, 4.69) is 15.3 Å². The van der Waals surface area contributed by atoms with E-state index in [9.17, 15) is 9.59 Å². The third-order valence-electron chi connectivity index (χ3n) is 3.85. The Labute approximate surface area is 137 Å². The van der Waals surface area contributed by atoms with Crippen LogP contribution >= 0.6 is 0 Å². The number of hydrogen-bond donors (Lipinski definition) is 2. The van der Waals surface area contributed by atoms with Crippen LogP contribution in [0, 0.1) is 0 Å². The second-order valence-electron chi connectivity index (χ2n) is 5.50. The zero-order chi connectivity index (χ0) is 17.3. The summed E-state index contributed by atoms with van der Waals surface area (Å²) in [5, 5.41) is 12.9. The lowest BCUT2D eigenvalue weighted by molar-refractivity contribution is 0.0697. The lowest BCUT2D eigenvalue weighted by Crippen LogP contribution is -2.17. The van der Waals surface area contributed by atoms with Crippen molar-refractivity contribution in [1.29, 1.82) is 0 Å². The van der Waals surface area contributed by atoms with Crippen LogP contribution in [-0.4, -0.2) is 25.6 Å². The monoisotopic (exact) mass is 324 g/mol. The summed E-state index contributed by atoms with van der Waals surface area (Å²) in [5.41, 5.74) is 1.56. The van der Waals surface area contributed by atoms with Crippen LogP contribution < -0.4 is 10.9 Å². The van der Waals surface area contributed by atoms with Gasteiger partial charge in [-0.05, 0) is 30.7 Å². The Kier molecular flexibility index (Phi) is 3.99. The first-order valence-electron chi connectivity index (χ1n) is 7.38. The third kappa shape index (κ3) is 2.96. The maximum Gasteiger partial charge on any atom is 0.335 e. The second kappa shape index (κ2) is 6.11. The number of nitrogens with zero attached hydrogens (tertiary/aromatic N) is 3. The Hall–Kier alpha value is -3.22. The lowest BCUT2D eigenvalue weighted by Gasteiger charge is -2.15. The molecule has 24 heavy (non-hydrogen) atoms. The van der Waals surface area contributed by atoms with Gasteiger partial charge in [0.25, 0.3) is 5.56 Å². The van der Waals surface area contributed by atoms with Gasteiger partial charge in [0.15, 0.2) is 0 Å². The molecule has 3 rings (SSSR count). The van der Waals surface area contributed by atoms with Crippen LogP contribution in [0.15, 0.2) is 47.4 Å². The summed E-state index contributed by atoms with van der Waals surface area (Å²) in [5.74, 6) is -0.556. The number of hydrogen-bond acceptors (Lipinski definition) is 5. The first-order chi connectivity index (χ1) is 11.5. The number of aromatic nitrogens is 3. The molecule has 122 valence electrons. The summed E-state index contributed by atoms with van der Waals surface area (Å²) < 4.78 is 1.47. The zero-order valence-electron chi connectivity index (χ0n) is 13.2. The molecule has 0 aliphatic heterocycles. The number of benzene rings is 1. The van der Waals surface area contributed by atoms with E-state index in [0.29, 0.717) is 11.6 Å². The molecule has 2 N–H and O–H groups in total. The summed E-state index contributed by atoms with van der Waals surface area (Å²) in [7, 11) is 1.66. The molecule has 1 unspecified atom stereocenters. The fourth-order valence-electron chi connectivity index (χ4n) is 2.41. The molecule has 2 heterocycles. The van der Waals surface area contributed by atoms with Crippen molar-refractivity contribution in [3.05, 3.63) is 64.1 Å². The Morgan fingerprint density at radius 3 is 2.58 bits per heavy atom. The molecule has 0 spiro atoms. The largest absolute Gasteiger partial charge is 0.478 e. The molecule has 2 aromatic heterocycles. The molecule has 7 heteroatoms. The van der Waals surface area contributed by atoms with Crippen molar-refractivity contribution < 1.29 is 9.90 Å². The van der Waals surface area contributed by atoms with E-state index in [4.69, 9.17) is 5.11 Å². The predicted molar refractivity (Wildman–Crippen MR) is 90.2 cm³/mol. The van der Waals surface area contributed by atoms with Crippen molar-refractivity contribution in [1.82, 2.24) is 14.5 Å². The molecule has 0 saturated carbocycles. The van der Waals surface area contributed by atoms with Crippen LogP contribution in [0.4, 0.5) is 5.95 Å². The SMILES string of the molecule is CC(Nc1ncc2ccc(=O)n(C)c2n1)c1ccc(C(=O)O)cc1. The molecule has 0 aliphatic carbocycles. The van der Waals surface area contributed by atoms with Gasteiger partial charge in [0.1, 0.15) is 5.65 Å². The number of anilines is 1. The number of pyridine rings is 1. The molecule has 1 atom stereocenters. The van der Waals surface area contributed by atoms with Gasteiger partial charge in [-0.1, -0.05) is 12.1 Å². The Morgan fingerprint density at radius 2 is 1.92 bits per heavy atom. The number of carboxylic acid groups (broad SMARTS) is 1. The number of carbonyl (C=O) groups is 1. The molecule has 0 radical (unpaired) electrons. The van der Waals surface area contributed by atoms with E-state index in [1.54, 1.807) is 43.6 Å². The maximum absolute atomic E-state index is 11.7. The molecule has 0 bridgehead atoms. The number of fused-ring (bicyclic) bond motifs is 1. The van der Waals surface area contributed by atoms with Gasteiger partial charge in [0, 0.05) is 24.7 Å². The smallest absolute Gasteiger partial charge is 0.335 e. The van der Waals surface area contributed by atoms with Gasteiger partial charge in [-0.3, -0.25) is 9.36 Å². The average molecular weight is 324 g/mol. The molecule has 0 aliphatic rings. The van der Waals surface area contributed by atoms with Crippen molar-refractivity contribution in [2.75, 3.05) is 5.32 Å². The van der Waals surface area contributed by atoms with Crippen molar-refractivity contribution in [2.24, 2.45) is 7.05 Å². The zero-order valence-corrected chi connectivity index (χ0v) is 13.2. The number of aryl methyl sites for hydroxylation is 1. The summed E-state index contributed by atoms with van der Waals surface area (Å²) in [4.78, 5) is 31.3. The number of rotatable bonds is 4. The molecule has 0 fully saturated rings. The predicted octanol–water partition coefficient (Wildman–Crippen LogP) is 2.20. The van der Waals surface area contributed by atoms with Gasteiger partial charge in [0.05, 0.1) is 11.6 Å². The van der Waals surface area contributed by atoms with Gasteiger partial charge in [-0.2, -0.15) is 4.98 Å². The highest BCUT2D eigenvalue weighted by molar-refractivity contribution is 5.87. The normalized spacial score (nSPS) is 12.1. The quantitative estimate of drug-likeness (QED) is 0.763.